The summed E-state index contributed by atoms with van der Waals surface area (Å²) in [7, 11) is 0. The maximum absolute atomic E-state index is 9.14. The molecule has 0 spiro atoms. The molecule has 28 heavy (non-hydrogen) atoms. The molecule has 0 saturated carbocycles. The molecule has 0 bridgehead atoms. The van der Waals surface area contributed by atoms with Gasteiger partial charge in [-0.1, -0.05) is 36.4 Å². The van der Waals surface area contributed by atoms with Crippen molar-refractivity contribution in [1.29, 1.82) is 5.26 Å². The van der Waals surface area contributed by atoms with Crippen LogP contribution in [0.4, 0.5) is 0 Å². The van der Waals surface area contributed by atoms with Crippen molar-refractivity contribution in [2.45, 2.75) is 57.7 Å². The zero-order chi connectivity index (χ0) is 19.6. The molecule has 0 aromatic heterocycles. The van der Waals surface area contributed by atoms with E-state index in [1.165, 1.54) is 16.7 Å². The van der Waals surface area contributed by atoms with Gasteiger partial charge < -0.3 is 4.74 Å². The van der Waals surface area contributed by atoms with Gasteiger partial charge in [-0.15, -0.1) is 0 Å². The second-order valence-corrected chi connectivity index (χ2v) is 8.97. The zero-order valence-electron chi connectivity index (χ0n) is 17.0. The van der Waals surface area contributed by atoms with Crippen LogP contribution in [0.5, 0.6) is 0 Å². The maximum Gasteiger partial charge on any atom is 0.0991 e. The van der Waals surface area contributed by atoms with Gasteiger partial charge in [-0.05, 0) is 80.3 Å². The zero-order valence-corrected chi connectivity index (χ0v) is 17.0. The van der Waals surface area contributed by atoms with E-state index in [1.807, 2.05) is 12.1 Å². The number of hydrogen-bond acceptors (Lipinski definition) is 3. The molecule has 2 aliphatic rings. The Labute approximate surface area is 168 Å². The lowest BCUT2D eigenvalue weighted by Gasteiger charge is -2.40. The number of ether oxygens (including phenoxy) is 1. The van der Waals surface area contributed by atoms with Crippen molar-refractivity contribution in [3.8, 4) is 6.07 Å². The smallest absolute Gasteiger partial charge is 0.0991 e. The fourth-order valence-electron chi connectivity index (χ4n) is 4.99. The molecule has 0 radical (unpaired) electrons. The molecule has 2 heterocycles. The standard InChI is InChI=1S/C25H30N2O/c1-25(2)15-21(12-14-28-25)24(20-9-7-19(16-26)8-10-20)11-13-27-17-22-5-3-4-6-23(22)18-27/h3-10,21,24H,11-15,17-18H2,1-2H3. The van der Waals surface area contributed by atoms with E-state index in [4.69, 9.17) is 10.00 Å². The number of benzene rings is 2. The minimum atomic E-state index is -0.0440. The Hall–Kier alpha value is -2.15. The Morgan fingerprint density at radius 3 is 2.39 bits per heavy atom. The Morgan fingerprint density at radius 1 is 1.11 bits per heavy atom. The highest BCUT2D eigenvalue weighted by Gasteiger charge is 2.34. The van der Waals surface area contributed by atoms with E-state index in [0.717, 1.165) is 51.1 Å². The summed E-state index contributed by atoms with van der Waals surface area (Å²) in [5.74, 6) is 1.14. The number of rotatable bonds is 5. The lowest BCUT2D eigenvalue weighted by Crippen LogP contribution is -2.37. The van der Waals surface area contributed by atoms with Crippen molar-refractivity contribution in [3.63, 3.8) is 0 Å². The van der Waals surface area contributed by atoms with Crippen LogP contribution in [0, 0.1) is 17.2 Å². The van der Waals surface area contributed by atoms with Gasteiger partial charge in [0.05, 0.1) is 17.2 Å². The lowest BCUT2D eigenvalue weighted by molar-refractivity contribution is -0.0775. The maximum atomic E-state index is 9.14. The summed E-state index contributed by atoms with van der Waals surface area (Å²) in [6, 6.07) is 19.3. The molecule has 1 fully saturated rings. The largest absolute Gasteiger partial charge is 0.376 e. The van der Waals surface area contributed by atoms with Crippen LogP contribution in [0.25, 0.3) is 0 Å². The van der Waals surface area contributed by atoms with Gasteiger partial charge in [-0.25, -0.2) is 0 Å². The van der Waals surface area contributed by atoms with E-state index in [1.54, 1.807) is 0 Å². The number of fused-ring (bicyclic) bond motifs is 1. The van der Waals surface area contributed by atoms with Gasteiger partial charge in [0, 0.05) is 19.7 Å². The number of nitrogens with zero attached hydrogens (tertiary/aromatic N) is 2. The summed E-state index contributed by atoms with van der Waals surface area (Å²) in [5, 5.41) is 9.14. The quantitative estimate of drug-likeness (QED) is 0.717. The van der Waals surface area contributed by atoms with Crippen LogP contribution < -0.4 is 0 Å². The topological polar surface area (TPSA) is 36.3 Å². The molecule has 2 aromatic carbocycles. The minimum Gasteiger partial charge on any atom is -0.376 e. The average molecular weight is 375 g/mol. The molecule has 4 rings (SSSR count). The van der Waals surface area contributed by atoms with Gasteiger partial charge in [0.2, 0.25) is 0 Å². The van der Waals surface area contributed by atoms with Crippen LogP contribution in [0.1, 0.15) is 61.3 Å². The van der Waals surface area contributed by atoms with Gasteiger partial charge in [0.15, 0.2) is 0 Å². The Balaban J connectivity index is 1.49. The van der Waals surface area contributed by atoms with E-state index >= 15 is 0 Å². The van der Waals surface area contributed by atoms with Crippen LogP contribution in [0.2, 0.25) is 0 Å². The molecule has 0 N–H and O–H groups in total. The Kier molecular flexibility index (Phi) is 5.53. The van der Waals surface area contributed by atoms with Crippen molar-refractivity contribution < 1.29 is 4.74 Å². The van der Waals surface area contributed by atoms with E-state index in [2.05, 4.69) is 61.2 Å². The Morgan fingerprint density at radius 2 is 1.79 bits per heavy atom. The average Bonchev–Trinajstić information content (AvgIpc) is 3.11. The van der Waals surface area contributed by atoms with E-state index in [-0.39, 0.29) is 5.60 Å². The number of nitriles is 1. The summed E-state index contributed by atoms with van der Waals surface area (Å²) in [6.45, 7) is 8.51. The molecule has 2 aromatic rings. The van der Waals surface area contributed by atoms with Gasteiger partial charge in [-0.3, -0.25) is 4.90 Å². The van der Waals surface area contributed by atoms with E-state index in [0.29, 0.717) is 11.8 Å². The summed E-state index contributed by atoms with van der Waals surface area (Å²) in [5.41, 5.74) is 5.02. The summed E-state index contributed by atoms with van der Waals surface area (Å²) in [4.78, 5) is 2.58. The van der Waals surface area contributed by atoms with Crippen molar-refractivity contribution in [3.05, 3.63) is 70.8 Å². The molecule has 2 unspecified atom stereocenters. The third-order valence-electron chi connectivity index (χ3n) is 6.43. The monoisotopic (exact) mass is 374 g/mol. The van der Waals surface area contributed by atoms with Crippen LogP contribution in [0.15, 0.2) is 48.5 Å². The minimum absolute atomic E-state index is 0.0440. The summed E-state index contributed by atoms with van der Waals surface area (Å²) < 4.78 is 5.98. The van der Waals surface area contributed by atoms with Crippen LogP contribution >= 0.6 is 0 Å². The van der Waals surface area contributed by atoms with E-state index in [9.17, 15) is 0 Å². The molecule has 0 aliphatic carbocycles. The van der Waals surface area contributed by atoms with Crippen molar-refractivity contribution >= 4 is 0 Å². The van der Waals surface area contributed by atoms with E-state index < -0.39 is 0 Å². The van der Waals surface area contributed by atoms with Gasteiger partial charge in [-0.2, -0.15) is 5.26 Å². The first-order valence-electron chi connectivity index (χ1n) is 10.5. The second kappa shape index (κ2) is 8.07. The molecule has 1 saturated heterocycles. The molecule has 3 heteroatoms. The van der Waals surface area contributed by atoms with Gasteiger partial charge in [0.25, 0.3) is 0 Å². The molecular formula is C25H30N2O. The first kappa shape index (κ1) is 19.2. The molecule has 146 valence electrons. The molecular weight excluding hydrogens is 344 g/mol. The Bertz CT molecular complexity index is 825. The fraction of sp³-hybridized carbons (Fsp3) is 0.480. The predicted molar refractivity (Wildman–Crippen MR) is 112 cm³/mol. The summed E-state index contributed by atoms with van der Waals surface area (Å²) >= 11 is 0. The molecule has 0 amide bonds. The molecule has 2 atom stereocenters. The fourth-order valence-corrected chi connectivity index (χ4v) is 4.99. The first-order chi connectivity index (χ1) is 13.5. The van der Waals surface area contributed by atoms with Gasteiger partial charge in [0.1, 0.15) is 0 Å². The predicted octanol–water partition coefficient (Wildman–Crippen LogP) is 5.25. The highest BCUT2D eigenvalue weighted by molar-refractivity contribution is 5.34. The van der Waals surface area contributed by atoms with Gasteiger partial charge >= 0.3 is 0 Å². The van der Waals surface area contributed by atoms with Crippen molar-refractivity contribution in [2.75, 3.05) is 13.2 Å². The van der Waals surface area contributed by atoms with Crippen molar-refractivity contribution in [1.82, 2.24) is 4.90 Å². The van der Waals surface area contributed by atoms with Crippen LogP contribution in [-0.2, 0) is 17.8 Å². The van der Waals surface area contributed by atoms with Crippen LogP contribution in [0.3, 0.4) is 0 Å². The molecule has 3 nitrogen and oxygen atoms in total. The lowest BCUT2D eigenvalue weighted by atomic mass is 9.75. The normalized spacial score (nSPS) is 22.4. The number of hydrogen-bond donors (Lipinski definition) is 0. The third-order valence-corrected chi connectivity index (χ3v) is 6.43. The first-order valence-corrected chi connectivity index (χ1v) is 10.5. The highest BCUT2D eigenvalue weighted by Crippen LogP contribution is 2.40. The second-order valence-electron chi connectivity index (χ2n) is 8.97. The van der Waals surface area contributed by atoms with Crippen LogP contribution in [-0.4, -0.2) is 23.7 Å². The molecule has 2 aliphatic heterocycles. The summed E-state index contributed by atoms with van der Waals surface area (Å²) in [6.07, 6.45) is 3.37. The SMILES string of the molecule is CC1(C)CC(C(CCN2Cc3ccccc3C2)c2ccc(C#N)cc2)CCO1. The van der Waals surface area contributed by atoms with Crippen molar-refractivity contribution in [2.24, 2.45) is 5.92 Å². The highest BCUT2D eigenvalue weighted by atomic mass is 16.5. The third kappa shape index (κ3) is 4.29.